The van der Waals surface area contributed by atoms with E-state index in [0.717, 1.165) is 116 Å². The lowest BCUT2D eigenvalue weighted by Gasteiger charge is -2.18. The molecule has 0 rings (SSSR count). The first-order chi connectivity index (χ1) is 39.0. The molecule has 1 atom stereocenters. The summed E-state index contributed by atoms with van der Waals surface area (Å²) in [6.45, 7) is 6.51. The highest BCUT2D eigenvalue weighted by Gasteiger charge is 2.19. The number of ether oxygens (including phenoxy) is 3. The molecule has 0 aromatic carbocycles. The van der Waals surface area contributed by atoms with Crippen LogP contribution in [0.5, 0.6) is 0 Å². The highest BCUT2D eigenvalue weighted by atomic mass is 16.6. The van der Waals surface area contributed by atoms with Crippen LogP contribution in [-0.2, 0) is 28.6 Å². The van der Waals surface area contributed by atoms with E-state index in [4.69, 9.17) is 14.2 Å². The third-order valence-corrected chi connectivity index (χ3v) is 14.6. The quantitative estimate of drug-likeness (QED) is 0.0261. The summed E-state index contributed by atoms with van der Waals surface area (Å²) in [7, 11) is 0. The molecule has 0 aliphatic heterocycles. The van der Waals surface area contributed by atoms with Gasteiger partial charge in [0.1, 0.15) is 13.2 Å². The predicted molar refractivity (Wildman–Crippen MR) is 344 cm³/mol. The summed E-state index contributed by atoms with van der Waals surface area (Å²) in [6.07, 6.45) is 90.1. The van der Waals surface area contributed by atoms with Gasteiger partial charge in [-0.25, -0.2) is 0 Å². The normalized spacial score (nSPS) is 12.7. The van der Waals surface area contributed by atoms with E-state index in [0.29, 0.717) is 19.3 Å². The van der Waals surface area contributed by atoms with Gasteiger partial charge in [-0.1, -0.05) is 304 Å². The first-order valence-corrected chi connectivity index (χ1v) is 33.7. The minimum absolute atomic E-state index is 0.0810. The zero-order valence-corrected chi connectivity index (χ0v) is 52.1. The molecule has 0 amide bonds. The summed E-state index contributed by atoms with van der Waals surface area (Å²) < 4.78 is 16.9. The summed E-state index contributed by atoms with van der Waals surface area (Å²) in [6, 6.07) is 0. The van der Waals surface area contributed by atoms with Crippen LogP contribution in [0.1, 0.15) is 329 Å². The van der Waals surface area contributed by atoms with Crippen LogP contribution in [0.4, 0.5) is 0 Å². The van der Waals surface area contributed by atoms with E-state index in [1.165, 1.54) is 173 Å². The molecule has 0 fully saturated rings. The molecule has 0 aliphatic carbocycles. The molecule has 0 bridgehead atoms. The predicted octanol–water partition coefficient (Wildman–Crippen LogP) is 23.2. The van der Waals surface area contributed by atoms with Crippen LogP contribution in [-0.4, -0.2) is 37.2 Å². The molecule has 1 unspecified atom stereocenters. The molecule has 0 heterocycles. The van der Waals surface area contributed by atoms with Gasteiger partial charge < -0.3 is 14.2 Å². The van der Waals surface area contributed by atoms with Crippen LogP contribution in [0, 0.1) is 0 Å². The standard InChI is InChI=1S/C73H126O6/c1-4-7-10-13-16-19-21-23-25-27-29-31-33-35-36-38-39-41-43-45-47-49-51-54-57-60-63-66-72(75)78-69-70(68-77-71(74)65-62-59-56-53-18-15-12-9-6-3)79-73(76)67-64-61-58-55-52-50-48-46-44-42-40-37-34-32-30-28-26-24-22-20-17-14-11-8-5-2/h8,11,17,20-21,23-24,26-27,29-30,32,37,40,44,46,70H,4-7,9-10,12-16,18-19,22,25,28,31,33-36,38-39,41-43,45,47-69H2,1-3H3/b11-8-,20-17-,23-21-,26-24-,29-27-,32-30-,40-37-,46-44-. The molecule has 0 aliphatic rings. The van der Waals surface area contributed by atoms with Crippen LogP contribution in [0.25, 0.3) is 0 Å². The summed E-state index contributed by atoms with van der Waals surface area (Å²) in [4.78, 5) is 38.3. The van der Waals surface area contributed by atoms with Crippen molar-refractivity contribution < 1.29 is 28.6 Å². The largest absolute Gasteiger partial charge is 0.462 e. The van der Waals surface area contributed by atoms with Gasteiger partial charge in [0.05, 0.1) is 0 Å². The average Bonchev–Trinajstić information content (AvgIpc) is 3.45. The Morgan fingerprint density at radius 1 is 0.266 bits per heavy atom. The van der Waals surface area contributed by atoms with Crippen molar-refractivity contribution in [3.8, 4) is 0 Å². The highest BCUT2D eigenvalue weighted by Crippen LogP contribution is 2.17. The van der Waals surface area contributed by atoms with Gasteiger partial charge in [-0.05, 0) is 103 Å². The van der Waals surface area contributed by atoms with Crippen molar-refractivity contribution in [2.24, 2.45) is 0 Å². The van der Waals surface area contributed by atoms with Crippen molar-refractivity contribution in [1.29, 1.82) is 0 Å². The lowest BCUT2D eigenvalue weighted by Crippen LogP contribution is -2.30. The van der Waals surface area contributed by atoms with Crippen LogP contribution < -0.4 is 0 Å². The summed E-state index contributed by atoms with van der Waals surface area (Å²) in [5.74, 6) is -0.887. The van der Waals surface area contributed by atoms with Crippen molar-refractivity contribution in [3.63, 3.8) is 0 Å². The van der Waals surface area contributed by atoms with E-state index in [1.807, 2.05) is 0 Å². The number of carbonyl (C=O) groups is 3. The Labute approximate surface area is 489 Å². The number of carbonyl (C=O) groups excluding carboxylic acids is 3. The fourth-order valence-electron chi connectivity index (χ4n) is 9.54. The van der Waals surface area contributed by atoms with Crippen molar-refractivity contribution in [3.05, 3.63) is 97.2 Å². The van der Waals surface area contributed by atoms with Gasteiger partial charge in [-0.3, -0.25) is 14.4 Å². The lowest BCUT2D eigenvalue weighted by molar-refractivity contribution is -0.167. The second kappa shape index (κ2) is 66.8. The van der Waals surface area contributed by atoms with Crippen molar-refractivity contribution in [1.82, 2.24) is 0 Å². The Kier molecular flexibility index (Phi) is 63.7. The average molecular weight is 1100 g/mol. The van der Waals surface area contributed by atoms with Crippen molar-refractivity contribution in [2.75, 3.05) is 13.2 Å². The topological polar surface area (TPSA) is 78.9 Å². The molecule has 0 aromatic heterocycles. The highest BCUT2D eigenvalue weighted by molar-refractivity contribution is 5.71. The fourth-order valence-corrected chi connectivity index (χ4v) is 9.54. The molecule has 0 saturated carbocycles. The number of hydrogen-bond donors (Lipinski definition) is 0. The maximum atomic E-state index is 12.9. The number of esters is 3. The number of hydrogen-bond acceptors (Lipinski definition) is 6. The second-order valence-electron chi connectivity index (χ2n) is 22.4. The van der Waals surface area contributed by atoms with E-state index >= 15 is 0 Å². The molecule has 0 spiro atoms. The molecule has 0 aromatic rings. The third-order valence-electron chi connectivity index (χ3n) is 14.6. The van der Waals surface area contributed by atoms with Gasteiger partial charge in [0.25, 0.3) is 0 Å². The Hall–Kier alpha value is -3.67. The van der Waals surface area contributed by atoms with Gasteiger partial charge in [-0.15, -0.1) is 0 Å². The van der Waals surface area contributed by atoms with Gasteiger partial charge in [0.15, 0.2) is 6.10 Å². The molecule has 0 N–H and O–H groups in total. The van der Waals surface area contributed by atoms with E-state index in [1.54, 1.807) is 0 Å². The zero-order chi connectivity index (χ0) is 57.1. The van der Waals surface area contributed by atoms with E-state index in [2.05, 4.69) is 118 Å². The van der Waals surface area contributed by atoms with E-state index in [-0.39, 0.29) is 31.1 Å². The first-order valence-electron chi connectivity index (χ1n) is 33.7. The minimum Gasteiger partial charge on any atom is -0.462 e. The summed E-state index contributed by atoms with van der Waals surface area (Å²) in [5.41, 5.74) is 0. The molecule has 6 nitrogen and oxygen atoms in total. The molecular weight excluding hydrogens is 973 g/mol. The molecular formula is C73H126O6. The zero-order valence-electron chi connectivity index (χ0n) is 52.1. The third kappa shape index (κ3) is 65.0. The number of rotatable bonds is 61. The number of unbranched alkanes of at least 4 members (excludes halogenated alkanes) is 34. The van der Waals surface area contributed by atoms with E-state index < -0.39 is 6.10 Å². The Morgan fingerprint density at radius 3 is 0.772 bits per heavy atom. The fraction of sp³-hybridized carbons (Fsp3) is 0.740. The maximum Gasteiger partial charge on any atom is 0.306 e. The second-order valence-corrected chi connectivity index (χ2v) is 22.4. The van der Waals surface area contributed by atoms with Gasteiger partial charge in [0, 0.05) is 19.3 Å². The maximum absolute atomic E-state index is 12.9. The van der Waals surface area contributed by atoms with Crippen molar-refractivity contribution in [2.45, 2.75) is 335 Å². The van der Waals surface area contributed by atoms with E-state index in [9.17, 15) is 14.4 Å². The Bertz CT molecular complexity index is 1540. The van der Waals surface area contributed by atoms with Crippen LogP contribution >= 0.6 is 0 Å². The lowest BCUT2D eigenvalue weighted by atomic mass is 10.0. The minimum atomic E-state index is -0.785. The summed E-state index contributed by atoms with van der Waals surface area (Å²) in [5, 5.41) is 0. The van der Waals surface area contributed by atoms with Crippen LogP contribution in [0.2, 0.25) is 0 Å². The number of allylic oxidation sites excluding steroid dienone is 16. The van der Waals surface area contributed by atoms with Gasteiger partial charge >= 0.3 is 17.9 Å². The Balaban J connectivity index is 4.21. The summed E-state index contributed by atoms with van der Waals surface area (Å²) >= 11 is 0. The first kappa shape index (κ1) is 75.3. The van der Waals surface area contributed by atoms with Gasteiger partial charge in [0.2, 0.25) is 0 Å². The molecule has 0 radical (unpaired) electrons. The monoisotopic (exact) mass is 1100 g/mol. The van der Waals surface area contributed by atoms with Crippen molar-refractivity contribution >= 4 is 17.9 Å². The molecule has 0 saturated heterocycles. The Morgan fingerprint density at radius 2 is 0.494 bits per heavy atom. The van der Waals surface area contributed by atoms with Crippen LogP contribution in [0.3, 0.4) is 0 Å². The van der Waals surface area contributed by atoms with Crippen LogP contribution in [0.15, 0.2) is 97.2 Å². The smallest absolute Gasteiger partial charge is 0.306 e. The SMILES string of the molecule is CC/C=C\C/C=C\C/C=C\C/C=C\C/C=C\C/C=C\CCCCCCCCC(=O)OC(COC(=O)CCCCCCCCCCC)COC(=O)CCCCCCCCCCCCCCCCC/C=C\C/C=C\CCCCCCC. The van der Waals surface area contributed by atoms with Gasteiger partial charge in [-0.2, -0.15) is 0 Å². The molecule has 6 heteroatoms. The molecule has 79 heavy (non-hydrogen) atoms. The molecule has 454 valence electrons.